The van der Waals surface area contributed by atoms with E-state index in [-0.39, 0.29) is 23.8 Å². The van der Waals surface area contributed by atoms with Gasteiger partial charge in [-0.05, 0) is 61.4 Å². The second kappa shape index (κ2) is 11.7. The molecule has 35 heavy (non-hydrogen) atoms. The van der Waals surface area contributed by atoms with E-state index in [1.54, 1.807) is 7.11 Å². The number of nitrogens with one attached hydrogen (secondary N) is 1. The van der Waals surface area contributed by atoms with Crippen LogP contribution in [0.4, 0.5) is 0 Å². The molecule has 2 amide bonds. The summed E-state index contributed by atoms with van der Waals surface area (Å²) in [5.41, 5.74) is 4.64. The molecule has 2 aliphatic rings. The fraction of sp³-hybridized carbons (Fsp3) is 0.517. The summed E-state index contributed by atoms with van der Waals surface area (Å²) in [6.07, 6.45) is 5.06. The zero-order valence-electron chi connectivity index (χ0n) is 21.2. The second-order valence-corrected chi connectivity index (χ2v) is 9.74. The van der Waals surface area contributed by atoms with Gasteiger partial charge < -0.3 is 19.7 Å². The first kappa shape index (κ1) is 25.2. The molecule has 188 valence electrons. The molecule has 6 heteroatoms. The molecule has 2 aromatic rings. The van der Waals surface area contributed by atoms with E-state index < -0.39 is 6.10 Å². The smallest absolute Gasteiger partial charge is 0.261 e. The average Bonchev–Trinajstić information content (AvgIpc) is 3.42. The van der Waals surface area contributed by atoms with Gasteiger partial charge in [0.1, 0.15) is 5.75 Å². The maximum Gasteiger partial charge on any atom is 0.261 e. The Labute approximate surface area is 209 Å². The normalized spacial score (nSPS) is 18.7. The number of amides is 2. The fourth-order valence-corrected chi connectivity index (χ4v) is 5.30. The van der Waals surface area contributed by atoms with Crippen LogP contribution in [0, 0.1) is 12.8 Å². The zero-order valence-corrected chi connectivity index (χ0v) is 21.2. The fourth-order valence-electron chi connectivity index (χ4n) is 5.30. The minimum absolute atomic E-state index is 0.129. The molecule has 1 heterocycles. The Morgan fingerprint density at radius 3 is 2.54 bits per heavy atom. The van der Waals surface area contributed by atoms with E-state index in [1.165, 1.54) is 11.1 Å². The SMILES string of the molecule is CCC(Oc1ccc2c(c1)C(c1ccc(C)cc1)N(C(=O)C1CCCC1)CC2)C(=O)NCCOC. The number of carbonyl (C=O) groups excluding carboxylic acids is 2. The van der Waals surface area contributed by atoms with Gasteiger partial charge in [0.15, 0.2) is 6.10 Å². The van der Waals surface area contributed by atoms with Gasteiger partial charge in [0, 0.05) is 26.1 Å². The van der Waals surface area contributed by atoms with E-state index >= 15 is 0 Å². The number of benzene rings is 2. The highest BCUT2D eigenvalue weighted by molar-refractivity contribution is 5.81. The largest absolute Gasteiger partial charge is 0.481 e. The van der Waals surface area contributed by atoms with Gasteiger partial charge in [0.2, 0.25) is 5.91 Å². The summed E-state index contributed by atoms with van der Waals surface area (Å²) in [6, 6.07) is 14.4. The lowest BCUT2D eigenvalue weighted by Gasteiger charge is -2.39. The van der Waals surface area contributed by atoms with Crippen LogP contribution in [0.2, 0.25) is 0 Å². The number of hydrogen-bond donors (Lipinski definition) is 1. The third kappa shape index (κ3) is 5.87. The van der Waals surface area contributed by atoms with Crippen LogP contribution in [0.3, 0.4) is 0 Å². The van der Waals surface area contributed by atoms with Crippen molar-refractivity contribution in [1.82, 2.24) is 10.2 Å². The Morgan fingerprint density at radius 1 is 1.11 bits per heavy atom. The highest BCUT2D eigenvalue weighted by Crippen LogP contribution is 2.40. The van der Waals surface area contributed by atoms with Gasteiger partial charge >= 0.3 is 0 Å². The summed E-state index contributed by atoms with van der Waals surface area (Å²) in [5.74, 6) is 0.915. The van der Waals surface area contributed by atoms with E-state index in [9.17, 15) is 9.59 Å². The Bertz CT molecular complexity index is 1010. The van der Waals surface area contributed by atoms with Crippen molar-refractivity contribution in [2.24, 2.45) is 5.92 Å². The van der Waals surface area contributed by atoms with Gasteiger partial charge in [-0.1, -0.05) is 55.7 Å². The highest BCUT2D eigenvalue weighted by Gasteiger charge is 2.36. The van der Waals surface area contributed by atoms with Crippen molar-refractivity contribution in [2.45, 2.75) is 64.5 Å². The van der Waals surface area contributed by atoms with Gasteiger partial charge in [0.05, 0.1) is 12.6 Å². The maximum atomic E-state index is 13.6. The summed E-state index contributed by atoms with van der Waals surface area (Å²) in [6.45, 7) is 5.66. The van der Waals surface area contributed by atoms with Crippen LogP contribution in [-0.2, 0) is 20.7 Å². The van der Waals surface area contributed by atoms with Gasteiger partial charge in [-0.25, -0.2) is 0 Å². The summed E-state index contributed by atoms with van der Waals surface area (Å²) >= 11 is 0. The molecule has 1 fully saturated rings. The zero-order chi connectivity index (χ0) is 24.8. The van der Waals surface area contributed by atoms with Crippen LogP contribution in [0.15, 0.2) is 42.5 Å². The van der Waals surface area contributed by atoms with Crippen LogP contribution in [0.5, 0.6) is 5.75 Å². The lowest BCUT2D eigenvalue weighted by Crippen LogP contribution is -2.43. The molecule has 2 atom stereocenters. The second-order valence-electron chi connectivity index (χ2n) is 9.74. The van der Waals surface area contributed by atoms with Crippen LogP contribution in [0.25, 0.3) is 0 Å². The quantitative estimate of drug-likeness (QED) is 0.536. The number of fused-ring (bicyclic) bond motifs is 1. The molecule has 6 nitrogen and oxygen atoms in total. The van der Waals surface area contributed by atoms with E-state index in [1.807, 2.05) is 19.1 Å². The average molecular weight is 479 g/mol. The first-order chi connectivity index (χ1) is 17.0. The Kier molecular flexibility index (Phi) is 8.45. The molecule has 0 radical (unpaired) electrons. The molecular formula is C29H38N2O4. The van der Waals surface area contributed by atoms with Gasteiger partial charge in [-0.2, -0.15) is 0 Å². The summed E-state index contributed by atoms with van der Waals surface area (Å²) < 4.78 is 11.2. The topological polar surface area (TPSA) is 67.9 Å². The van der Waals surface area contributed by atoms with Crippen LogP contribution in [0.1, 0.15) is 67.3 Å². The van der Waals surface area contributed by atoms with Crippen molar-refractivity contribution >= 4 is 11.8 Å². The molecule has 1 N–H and O–H groups in total. The van der Waals surface area contributed by atoms with Crippen LogP contribution < -0.4 is 10.1 Å². The highest BCUT2D eigenvalue weighted by atomic mass is 16.5. The molecular weight excluding hydrogens is 440 g/mol. The summed E-state index contributed by atoms with van der Waals surface area (Å²) in [4.78, 5) is 28.3. The van der Waals surface area contributed by atoms with E-state index in [0.717, 1.165) is 49.8 Å². The minimum atomic E-state index is -0.581. The number of methoxy groups -OCH3 is 1. The van der Waals surface area contributed by atoms with Crippen molar-refractivity contribution in [3.8, 4) is 5.75 Å². The van der Waals surface area contributed by atoms with E-state index in [2.05, 4.69) is 47.5 Å². The Morgan fingerprint density at radius 2 is 1.86 bits per heavy atom. The summed E-state index contributed by atoms with van der Waals surface area (Å²) in [7, 11) is 1.61. The Balaban J connectivity index is 1.63. The molecule has 4 rings (SSSR count). The lowest BCUT2D eigenvalue weighted by atomic mass is 9.86. The number of rotatable bonds is 9. The number of carbonyl (C=O) groups is 2. The monoisotopic (exact) mass is 478 g/mol. The van der Waals surface area contributed by atoms with E-state index in [0.29, 0.717) is 25.3 Å². The lowest BCUT2D eigenvalue weighted by molar-refractivity contribution is -0.137. The Hall–Kier alpha value is -2.86. The minimum Gasteiger partial charge on any atom is -0.481 e. The van der Waals surface area contributed by atoms with Crippen molar-refractivity contribution in [2.75, 3.05) is 26.8 Å². The molecule has 0 aromatic heterocycles. The van der Waals surface area contributed by atoms with Gasteiger partial charge in [-0.3, -0.25) is 9.59 Å². The van der Waals surface area contributed by atoms with Crippen LogP contribution >= 0.6 is 0 Å². The van der Waals surface area contributed by atoms with E-state index in [4.69, 9.17) is 9.47 Å². The molecule has 2 aromatic carbocycles. The third-order valence-electron chi connectivity index (χ3n) is 7.27. The molecule has 2 unspecified atom stereocenters. The number of nitrogens with zero attached hydrogens (tertiary/aromatic N) is 1. The predicted molar refractivity (Wildman–Crippen MR) is 136 cm³/mol. The third-order valence-corrected chi connectivity index (χ3v) is 7.27. The van der Waals surface area contributed by atoms with Crippen molar-refractivity contribution < 1.29 is 19.1 Å². The molecule has 0 bridgehead atoms. The van der Waals surface area contributed by atoms with Gasteiger partial charge in [-0.15, -0.1) is 0 Å². The number of hydrogen-bond acceptors (Lipinski definition) is 4. The molecule has 1 aliphatic carbocycles. The standard InChI is InChI=1S/C29H38N2O4/c1-4-26(28(32)30-16-18-34-3)35-24-14-13-21-15-17-31(29(33)23-7-5-6-8-23)27(25(21)19-24)22-11-9-20(2)10-12-22/h9-14,19,23,26-27H,4-8,15-18H2,1-3H3,(H,30,32). The first-order valence-corrected chi connectivity index (χ1v) is 12.9. The van der Waals surface area contributed by atoms with Crippen molar-refractivity contribution in [1.29, 1.82) is 0 Å². The molecule has 0 saturated heterocycles. The molecule has 0 spiro atoms. The van der Waals surface area contributed by atoms with Crippen LogP contribution in [-0.4, -0.2) is 49.6 Å². The first-order valence-electron chi connectivity index (χ1n) is 12.9. The number of ether oxygens (including phenoxy) is 2. The van der Waals surface area contributed by atoms with Crippen molar-refractivity contribution in [3.05, 3.63) is 64.7 Å². The maximum absolute atomic E-state index is 13.6. The molecule has 1 saturated carbocycles. The van der Waals surface area contributed by atoms with Crippen molar-refractivity contribution in [3.63, 3.8) is 0 Å². The summed E-state index contributed by atoms with van der Waals surface area (Å²) in [5, 5.41) is 2.87. The molecule has 1 aliphatic heterocycles. The number of aryl methyl sites for hydroxylation is 1. The van der Waals surface area contributed by atoms with Gasteiger partial charge in [0.25, 0.3) is 5.91 Å². The predicted octanol–water partition coefficient (Wildman–Crippen LogP) is 4.58.